The molecule has 0 aromatic carbocycles. The van der Waals surface area contributed by atoms with Crippen molar-refractivity contribution in [2.75, 3.05) is 12.0 Å². The van der Waals surface area contributed by atoms with Crippen LogP contribution >= 0.6 is 11.8 Å². The number of rotatable bonds is 5. The van der Waals surface area contributed by atoms with E-state index in [9.17, 15) is 0 Å². The van der Waals surface area contributed by atoms with Gasteiger partial charge in [0.25, 0.3) is 0 Å². The molecular formula is C7H16OS. The van der Waals surface area contributed by atoms with Gasteiger partial charge in [0.1, 0.15) is 0 Å². The molecule has 1 N–H and O–H groups in total. The van der Waals surface area contributed by atoms with Gasteiger partial charge in [0.05, 0.1) is 6.10 Å². The predicted octanol–water partition coefficient (Wildman–Crippen LogP) is 1.90. The quantitative estimate of drug-likeness (QED) is 0.642. The molecule has 0 aliphatic rings. The molecule has 1 unspecified atom stereocenters. The SMILES string of the molecule is CCCC(O)CCSC. The summed E-state index contributed by atoms with van der Waals surface area (Å²) in [4.78, 5) is 0. The molecule has 0 saturated carbocycles. The molecule has 0 amide bonds. The summed E-state index contributed by atoms with van der Waals surface area (Å²) in [6.45, 7) is 2.10. The molecule has 0 aliphatic carbocycles. The lowest BCUT2D eigenvalue weighted by atomic mass is 10.2. The van der Waals surface area contributed by atoms with E-state index in [1.807, 2.05) is 0 Å². The minimum atomic E-state index is -0.0533. The van der Waals surface area contributed by atoms with Crippen molar-refractivity contribution in [1.29, 1.82) is 0 Å². The second kappa shape index (κ2) is 6.43. The molecule has 9 heavy (non-hydrogen) atoms. The monoisotopic (exact) mass is 148 g/mol. The van der Waals surface area contributed by atoms with Crippen LogP contribution in [0.5, 0.6) is 0 Å². The molecular weight excluding hydrogens is 132 g/mol. The molecule has 0 fully saturated rings. The van der Waals surface area contributed by atoms with Crippen molar-refractivity contribution >= 4 is 11.8 Å². The van der Waals surface area contributed by atoms with Gasteiger partial charge in [-0.2, -0.15) is 11.8 Å². The second-order valence-corrected chi connectivity index (χ2v) is 3.21. The molecule has 0 aromatic heterocycles. The van der Waals surface area contributed by atoms with E-state index in [-0.39, 0.29) is 6.10 Å². The molecule has 0 rings (SSSR count). The van der Waals surface area contributed by atoms with Gasteiger partial charge >= 0.3 is 0 Å². The Morgan fingerprint density at radius 2 is 2.11 bits per heavy atom. The van der Waals surface area contributed by atoms with E-state index in [4.69, 9.17) is 5.11 Å². The topological polar surface area (TPSA) is 20.2 Å². The van der Waals surface area contributed by atoms with Crippen molar-refractivity contribution in [2.24, 2.45) is 0 Å². The first kappa shape index (κ1) is 9.31. The minimum absolute atomic E-state index is 0.0533. The molecule has 0 bridgehead atoms. The summed E-state index contributed by atoms with van der Waals surface area (Å²) in [6, 6.07) is 0. The highest BCUT2D eigenvalue weighted by Crippen LogP contribution is 2.04. The fourth-order valence-corrected chi connectivity index (χ4v) is 1.24. The predicted molar refractivity (Wildman–Crippen MR) is 43.9 cm³/mol. The molecule has 0 spiro atoms. The maximum Gasteiger partial charge on any atom is 0.0548 e. The van der Waals surface area contributed by atoms with E-state index in [0.717, 1.165) is 25.0 Å². The van der Waals surface area contributed by atoms with Crippen LogP contribution in [0.15, 0.2) is 0 Å². The summed E-state index contributed by atoms with van der Waals surface area (Å²) in [6.07, 6.45) is 5.02. The van der Waals surface area contributed by atoms with Crippen molar-refractivity contribution in [3.63, 3.8) is 0 Å². The van der Waals surface area contributed by atoms with Crippen LogP contribution in [-0.4, -0.2) is 23.2 Å². The zero-order valence-corrected chi connectivity index (χ0v) is 7.08. The van der Waals surface area contributed by atoms with Gasteiger partial charge in [-0.05, 0) is 24.9 Å². The third kappa shape index (κ3) is 6.19. The highest BCUT2D eigenvalue weighted by Gasteiger charge is 1.99. The van der Waals surface area contributed by atoms with E-state index in [2.05, 4.69) is 13.2 Å². The van der Waals surface area contributed by atoms with Gasteiger partial charge in [-0.15, -0.1) is 0 Å². The lowest BCUT2D eigenvalue weighted by Gasteiger charge is -2.05. The summed E-state index contributed by atoms with van der Waals surface area (Å²) >= 11 is 1.80. The molecule has 0 saturated heterocycles. The molecule has 1 atom stereocenters. The number of aliphatic hydroxyl groups is 1. The molecule has 1 nitrogen and oxygen atoms in total. The smallest absolute Gasteiger partial charge is 0.0548 e. The first-order valence-corrected chi connectivity index (χ1v) is 4.87. The summed E-state index contributed by atoms with van der Waals surface area (Å²) in [7, 11) is 0. The zero-order chi connectivity index (χ0) is 7.11. The maximum absolute atomic E-state index is 9.17. The highest BCUT2D eigenvalue weighted by molar-refractivity contribution is 7.98. The van der Waals surface area contributed by atoms with Gasteiger partial charge in [-0.1, -0.05) is 13.3 Å². The Hall–Kier alpha value is 0.310. The molecule has 0 heterocycles. The van der Waals surface area contributed by atoms with Crippen LogP contribution in [0.4, 0.5) is 0 Å². The first-order chi connectivity index (χ1) is 4.31. The first-order valence-electron chi connectivity index (χ1n) is 3.48. The van der Waals surface area contributed by atoms with Crippen LogP contribution in [0.1, 0.15) is 26.2 Å². The van der Waals surface area contributed by atoms with E-state index in [1.165, 1.54) is 0 Å². The molecule has 2 heteroatoms. The fourth-order valence-electron chi connectivity index (χ4n) is 0.731. The largest absolute Gasteiger partial charge is 0.393 e. The summed E-state index contributed by atoms with van der Waals surface area (Å²) in [5.41, 5.74) is 0. The third-order valence-electron chi connectivity index (χ3n) is 1.28. The van der Waals surface area contributed by atoms with Gasteiger partial charge in [0, 0.05) is 0 Å². The minimum Gasteiger partial charge on any atom is -0.393 e. The second-order valence-electron chi connectivity index (χ2n) is 2.22. The van der Waals surface area contributed by atoms with Crippen LogP contribution in [0.25, 0.3) is 0 Å². The fraction of sp³-hybridized carbons (Fsp3) is 1.00. The standard InChI is InChI=1S/C7H16OS/c1-3-4-7(8)5-6-9-2/h7-8H,3-6H2,1-2H3. The Morgan fingerprint density at radius 3 is 2.56 bits per heavy atom. The Morgan fingerprint density at radius 1 is 1.44 bits per heavy atom. The highest BCUT2D eigenvalue weighted by atomic mass is 32.2. The Bertz CT molecular complexity index is 56.9. The van der Waals surface area contributed by atoms with Gasteiger partial charge in [0.2, 0.25) is 0 Å². The Kier molecular flexibility index (Phi) is 6.65. The summed E-state index contributed by atoms with van der Waals surface area (Å²) < 4.78 is 0. The van der Waals surface area contributed by atoms with Crippen molar-refractivity contribution < 1.29 is 5.11 Å². The number of hydrogen-bond acceptors (Lipinski definition) is 2. The average molecular weight is 148 g/mol. The molecule has 56 valence electrons. The normalized spacial score (nSPS) is 13.7. The molecule has 0 radical (unpaired) electrons. The van der Waals surface area contributed by atoms with Crippen molar-refractivity contribution in [3.8, 4) is 0 Å². The van der Waals surface area contributed by atoms with E-state index in [0.29, 0.717) is 0 Å². The lowest BCUT2D eigenvalue weighted by molar-refractivity contribution is 0.160. The van der Waals surface area contributed by atoms with Crippen molar-refractivity contribution in [2.45, 2.75) is 32.3 Å². The van der Waals surface area contributed by atoms with Crippen LogP contribution in [-0.2, 0) is 0 Å². The van der Waals surface area contributed by atoms with Crippen LogP contribution in [0, 0.1) is 0 Å². The summed E-state index contributed by atoms with van der Waals surface area (Å²) in [5, 5.41) is 9.17. The van der Waals surface area contributed by atoms with Gasteiger partial charge < -0.3 is 5.11 Å². The zero-order valence-electron chi connectivity index (χ0n) is 6.26. The van der Waals surface area contributed by atoms with Gasteiger partial charge in [-0.3, -0.25) is 0 Å². The third-order valence-corrected chi connectivity index (χ3v) is 1.92. The van der Waals surface area contributed by atoms with E-state index < -0.39 is 0 Å². The van der Waals surface area contributed by atoms with Gasteiger partial charge in [0.15, 0.2) is 0 Å². The Labute approximate surface area is 61.8 Å². The number of aliphatic hydroxyl groups excluding tert-OH is 1. The lowest BCUT2D eigenvalue weighted by Crippen LogP contribution is -2.06. The van der Waals surface area contributed by atoms with Crippen LogP contribution in [0.3, 0.4) is 0 Å². The number of thioether (sulfide) groups is 1. The molecule has 0 aromatic rings. The Balaban J connectivity index is 2.95. The van der Waals surface area contributed by atoms with Crippen molar-refractivity contribution in [3.05, 3.63) is 0 Å². The van der Waals surface area contributed by atoms with Crippen molar-refractivity contribution in [1.82, 2.24) is 0 Å². The van der Waals surface area contributed by atoms with E-state index >= 15 is 0 Å². The maximum atomic E-state index is 9.17. The van der Waals surface area contributed by atoms with Gasteiger partial charge in [-0.25, -0.2) is 0 Å². The molecule has 0 aliphatic heterocycles. The summed E-state index contributed by atoms with van der Waals surface area (Å²) in [5.74, 6) is 1.08. The number of hydrogen-bond donors (Lipinski definition) is 1. The van der Waals surface area contributed by atoms with Crippen LogP contribution < -0.4 is 0 Å². The van der Waals surface area contributed by atoms with Crippen LogP contribution in [0.2, 0.25) is 0 Å². The average Bonchev–Trinajstić information content (AvgIpc) is 1.85. The van der Waals surface area contributed by atoms with E-state index in [1.54, 1.807) is 11.8 Å².